The van der Waals surface area contributed by atoms with Crippen LogP contribution in [0.25, 0.3) is 0 Å². The Kier molecular flexibility index (Phi) is 7.88. The molecule has 3 aliphatic heterocycles. The Morgan fingerprint density at radius 3 is 2.60 bits per heavy atom. The minimum absolute atomic E-state index is 0.0579. The Labute approximate surface area is 215 Å². The van der Waals surface area contributed by atoms with Gasteiger partial charge in [0.15, 0.2) is 0 Å². The number of carbonyl (C=O) groups is 3. The molecule has 3 heterocycles. The van der Waals surface area contributed by atoms with Crippen molar-refractivity contribution in [3.8, 4) is 0 Å². The lowest BCUT2D eigenvalue weighted by molar-refractivity contribution is -0.146. The van der Waals surface area contributed by atoms with Crippen LogP contribution >= 0.6 is 15.9 Å². The quantitative estimate of drug-likeness (QED) is 0.387. The average Bonchev–Trinajstić information content (AvgIpc) is 3.43. The number of hydrogen-bond donors (Lipinski definition) is 3. The molecule has 3 fully saturated rings. The van der Waals surface area contributed by atoms with Gasteiger partial charge < -0.3 is 25.4 Å². The van der Waals surface area contributed by atoms with Crippen LogP contribution in [0.15, 0.2) is 30.3 Å². The molecule has 0 aliphatic carbocycles. The maximum absolute atomic E-state index is 13.9. The lowest BCUT2D eigenvalue weighted by Gasteiger charge is -2.37. The Morgan fingerprint density at radius 2 is 1.97 bits per heavy atom. The summed E-state index contributed by atoms with van der Waals surface area (Å²) in [5.41, 5.74) is -0.147. The summed E-state index contributed by atoms with van der Waals surface area (Å²) in [5, 5.41) is 16.1. The molecule has 3 saturated heterocycles. The van der Waals surface area contributed by atoms with Crippen LogP contribution in [0.2, 0.25) is 0 Å². The zero-order valence-corrected chi connectivity index (χ0v) is 22.2. The summed E-state index contributed by atoms with van der Waals surface area (Å²) in [6, 6.07) is 8.12. The van der Waals surface area contributed by atoms with Gasteiger partial charge in [-0.25, -0.2) is 0 Å². The maximum atomic E-state index is 13.9. The summed E-state index contributed by atoms with van der Waals surface area (Å²) in [4.78, 5) is 42.4. The highest BCUT2D eigenvalue weighted by atomic mass is 79.9. The number of amides is 3. The van der Waals surface area contributed by atoms with Gasteiger partial charge >= 0.3 is 0 Å². The van der Waals surface area contributed by atoms with E-state index < -0.39 is 35.6 Å². The van der Waals surface area contributed by atoms with Gasteiger partial charge in [0.05, 0.1) is 30.6 Å². The number of likely N-dealkylation sites (tertiary alicyclic amines) is 1. The fourth-order valence-corrected chi connectivity index (χ4v) is 7.15. The molecule has 8 nitrogen and oxygen atoms in total. The second-order valence-electron chi connectivity index (χ2n) is 10.1. The zero-order chi connectivity index (χ0) is 25.3. The number of nitrogens with zero attached hydrogens (tertiary/aromatic N) is 1. The van der Waals surface area contributed by atoms with Gasteiger partial charge in [-0.15, -0.1) is 0 Å². The second-order valence-corrected chi connectivity index (χ2v) is 11.2. The summed E-state index contributed by atoms with van der Waals surface area (Å²) < 4.78 is 6.48. The highest BCUT2D eigenvalue weighted by Gasteiger charge is 2.76. The Hall–Kier alpha value is -1.97. The first-order chi connectivity index (χ1) is 16.8. The molecule has 4 unspecified atom stereocenters. The number of aliphatic hydroxyl groups excluding tert-OH is 1. The van der Waals surface area contributed by atoms with Crippen molar-refractivity contribution in [1.29, 1.82) is 0 Å². The van der Waals surface area contributed by atoms with Gasteiger partial charge in [0.2, 0.25) is 17.7 Å². The molecule has 2 bridgehead atoms. The van der Waals surface area contributed by atoms with E-state index in [0.717, 1.165) is 18.4 Å². The molecule has 0 radical (unpaired) electrons. The first kappa shape index (κ1) is 26.1. The monoisotopic (exact) mass is 549 g/mol. The first-order valence-corrected chi connectivity index (χ1v) is 13.6. The number of hydrogen-bond acceptors (Lipinski definition) is 5. The van der Waals surface area contributed by atoms with Gasteiger partial charge in [-0.05, 0) is 31.7 Å². The van der Waals surface area contributed by atoms with E-state index in [1.807, 2.05) is 44.2 Å². The van der Waals surface area contributed by atoms with Crippen molar-refractivity contribution in [3.63, 3.8) is 0 Å². The van der Waals surface area contributed by atoms with Crippen LogP contribution in [-0.4, -0.2) is 69.0 Å². The molecule has 1 aromatic rings. The lowest BCUT2D eigenvalue weighted by atomic mass is 9.70. The molecule has 4 rings (SSSR count). The van der Waals surface area contributed by atoms with Gasteiger partial charge in [0.25, 0.3) is 0 Å². The third kappa shape index (κ3) is 4.51. The van der Waals surface area contributed by atoms with E-state index in [4.69, 9.17) is 4.74 Å². The van der Waals surface area contributed by atoms with Crippen molar-refractivity contribution in [2.75, 3.05) is 6.61 Å². The highest BCUT2D eigenvalue weighted by molar-refractivity contribution is 9.09. The fourth-order valence-electron chi connectivity index (χ4n) is 6.20. The molecule has 0 saturated carbocycles. The van der Waals surface area contributed by atoms with Crippen LogP contribution in [0, 0.1) is 11.8 Å². The summed E-state index contributed by atoms with van der Waals surface area (Å²) in [7, 11) is 0. The summed E-state index contributed by atoms with van der Waals surface area (Å²) in [6.45, 7) is 5.97. The van der Waals surface area contributed by atoms with Crippen molar-refractivity contribution >= 4 is 33.7 Å². The van der Waals surface area contributed by atoms with Crippen molar-refractivity contribution in [1.82, 2.24) is 15.5 Å². The van der Waals surface area contributed by atoms with Crippen LogP contribution < -0.4 is 10.6 Å². The van der Waals surface area contributed by atoms with E-state index in [2.05, 4.69) is 33.5 Å². The molecule has 1 spiro atoms. The molecule has 3 aliphatic rings. The number of halogens is 1. The topological polar surface area (TPSA) is 108 Å². The smallest absolute Gasteiger partial charge is 0.246 e. The Bertz CT molecular complexity index is 942. The van der Waals surface area contributed by atoms with Gasteiger partial charge in [0.1, 0.15) is 11.6 Å². The molecule has 192 valence electrons. The molecule has 3 amide bonds. The van der Waals surface area contributed by atoms with E-state index in [9.17, 15) is 19.5 Å². The third-order valence-corrected chi connectivity index (χ3v) is 8.62. The van der Waals surface area contributed by atoms with Gasteiger partial charge in [-0.2, -0.15) is 0 Å². The second kappa shape index (κ2) is 10.6. The number of carbonyl (C=O) groups excluding carboxylic acids is 3. The molecule has 35 heavy (non-hydrogen) atoms. The number of fused-ring (bicyclic) bond motifs is 1. The van der Waals surface area contributed by atoms with Crippen LogP contribution in [0.3, 0.4) is 0 Å². The third-order valence-electron chi connectivity index (χ3n) is 7.77. The number of nitrogens with one attached hydrogen (secondary N) is 2. The van der Waals surface area contributed by atoms with Gasteiger partial charge in [-0.3, -0.25) is 14.4 Å². The van der Waals surface area contributed by atoms with Crippen molar-refractivity contribution < 1.29 is 24.2 Å². The molecule has 0 aromatic heterocycles. The van der Waals surface area contributed by atoms with E-state index in [1.165, 1.54) is 4.90 Å². The van der Waals surface area contributed by atoms with E-state index in [0.29, 0.717) is 19.4 Å². The zero-order valence-electron chi connectivity index (χ0n) is 20.6. The van der Waals surface area contributed by atoms with Crippen LogP contribution in [-0.2, 0) is 25.7 Å². The molecule has 3 N–H and O–H groups in total. The van der Waals surface area contributed by atoms with Crippen molar-refractivity contribution in [3.05, 3.63) is 35.9 Å². The van der Waals surface area contributed by atoms with Crippen LogP contribution in [0.5, 0.6) is 0 Å². The molecular weight excluding hydrogens is 514 g/mol. The van der Waals surface area contributed by atoms with Crippen LogP contribution in [0.4, 0.5) is 0 Å². The normalized spacial score (nSPS) is 32.9. The van der Waals surface area contributed by atoms with E-state index in [1.54, 1.807) is 0 Å². The number of rotatable bonds is 10. The number of alkyl halides is 1. The maximum Gasteiger partial charge on any atom is 0.246 e. The molecule has 8 atom stereocenters. The van der Waals surface area contributed by atoms with Gasteiger partial charge in [0, 0.05) is 17.4 Å². The molecule has 9 heteroatoms. The standard InChI is InChI=1S/C26H36BrN3O5/c1-4-9-15(3)29-24(33)22-26-12-18(27)21(35-26)19(20(26)25(34)30(22)17(5-2)14-31)23(32)28-13-16-10-7-6-8-11-16/h6-8,10-11,15,17-22,31H,4-5,9,12-14H2,1-3H3,(H,28,32)(H,29,33)/t15?,17-,18?,19+,20-,21+,22?,26?/m0/s1. The summed E-state index contributed by atoms with van der Waals surface area (Å²) >= 11 is 3.68. The Morgan fingerprint density at radius 1 is 1.26 bits per heavy atom. The summed E-state index contributed by atoms with van der Waals surface area (Å²) in [5.74, 6) is -2.29. The molecular formula is C26H36BrN3O5. The average molecular weight is 550 g/mol. The van der Waals surface area contributed by atoms with E-state index >= 15 is 0 Å². The van der Waals surface area contributed by atoms with Gasteiger partial charge in [-0.1, -0.05) is 66.5 Å². The first-order valence-electron chi connectivity index (χ1n) is 12.7. The minimum Gasteiger partial charge on any atom is -0.394 e. The number of aliphatic hydroxyl groups is 1. The predicted octanol–water partition coefficient (Wildman–Crippen LogP) is 2.13. The summed E-state index contributed by atoms with van der Waals surface area (Å²) in [6.07, 6.45) is 2.18. The number of ether oxygens (including phenoxy) is 1. The van der Waals surface area contributed by atoms with Crippen molar-refractivity contribution in [2.24, 2.45) is 11.8 Å². The Balaban J connectivity index is 1.66. The SMILES string of the molecule is CCCC(C)NC(=O)C1N([C@@H](CC)CO)C(=O)[C@@H]2[C@@H](C(=O)NCc3ccccc3)[C@@H]3OC12CC3Br. The van der Waals surface area contributed by atoms with Crippen molar-refractivity contribution in [2.45, 2.75) is 87.7 Å². The molecule has 1 aromatic carbocycles. The van der Waals surface area contributed by atoms with Crippen LogP contribution in [0.1, 0.15) is 52.0 Å². The highest BCUT2D eigenvalue weighted by Crippen LogP contribution is 2.60. The number of benzene rings is 1. The largest absolute Gasteiger partial charge is 0.394 e. The predicted molar refractivity (Wildman–Crippen MR) is 135 cm³/mol. The minimum atomic E-state index is -1.11. The van der Waals surface area contributed by atoms with E-state index in [-0.39, 0.29) is 35.2 Å². The lowest BCUT2D eigenvalue weighted by Crippen LogP contribution is -2.59. The fraction of sp³-hybridized carbons (Fsp3) is 0.654.